The van der Waals surface area contributed by atoms with E-state index in [-0.39, 0.29) is 17.2 Å². The van der Waals surface area contributed by atoms with E-state index in [2.05, 4.69) is 15.0 Å². The lowest BCUT2D eigenvalue weighted by atomic mass is 10.2. The molecule has 6 nitrogen and oxygen atoms in total. The van der Waals surface area contributed by atoms with Gasteiger partial charge in [-0.3, -0.25) is 4.79 Å². The van der Waals surface area contributed by atoms with E-state index in [1.807, 2.05) is 6.07 Å². The van der Waals surface area contributed by atoms with Crippen LogP contribution in [0.25, 0.3) is 6.08 Å². The molecule has 0 spiro atoms. The molecule has 8 heteroatoms. The van der Waals surface area contributed by atoms with Gasteiger partial charge in [0, 0.05) is 5.02 Å². The summed E-state index contributed by atoms with van der Waals surface area (Å²) in [5, 5.41) is 13.3. The summed E-state index contributed by atoms with van der Waals surface area (Å²) in [4.78, 5) is 28.5. The Morgan fingerprint density at radius 3 is 2.85 bits per heavy atom. The molecule has 1 aliphatic heterocycles. The molecular weight excluding hydrogens is 376 g/mol. The zero-order valence-electron chi connectivity index (χ0n) is 13.5. The normalized spacial score (nSPS) is 16.8. The van der Waals surface area contributed by atoms with E-state index in [0.717, 1.165) is 5.56 Å². The van der Waals surface area contributed by atoms with E-state index in [4.69, 9.17) is 11.6 Å². The summed E-state index contributed by atoms with van der Waals surface area (Å²) in [5.41, 5.74) is 1.20. The molecule has 1 amide bonds. The zero-order chi connectivity index (χ0) is 18.7. The highest BCUT2D eigenvalue weighted by molar-refractivity contribution is 8.18. The van der Waals surface area contributed by atoms with Gasteiger partial charge in [0.2, 0.25) is 0 Å². The molecule has 0 radical (unpaired) electrons. The molecule has 1 aliphatic rings. The maximum Gasteiger partial charge on any atom is 0.341 e. The van der Waals surface area contributed by atoms with Crippen LogP contribution in [0, 0.1) is 0 Å². The smallest absolute Gasteiger partial charge is 0.341 e. The van der Waals surface area contributed by atoms with Gasteiger partial charge in [0.1, 0.15) is 11.3 Å². The Labute approximate surface area is 158 Å². The van der Waals surface area contributed by atoms with Crippen LogP contribution in [-0.4, -0.2) is 29.3 Å². The van der Waals surface area contributed by atoms with Crippen LogP contribution in [0.1, 0.15) is 15.9 Å². The van der Waals surface area contributed by atoms with Gasteiger partial charge >= 0.3 is 5.97 Å². The van der Waals surface area contributed by atoms with Gasteiger partial charge in [-0.1, -0.05) is 23.7 Å². The lowest BCUT2D eigenvalue weighted by Crippen LogP contribution is -2.19. The molecule has 2 aromatic rings. The largest absolute Gasteiger partial charge is 0.507 e. The summed E-state index contributed by atoms with van der Waals surface area (Å²) < 4.78 is 4.61. The Kier molecular flexibility index (Phi) is 5.29. The van der Waals surface area contributed by atoms with Crippen molar-refractivity contribution in [2.75, 3.05) is 7.11 Å². The minimum absolute atomic E-state index is 0.00151. The van der Waals surface area contributed by atoms with Gasteiger partial charge in [-0.2, -0.15) is 0 Å². The number of nitrogens with zero attached hydrogens (tertiary/aromatic N) is 1. The van der Waals surface area contributed by atoms with Gasteiger partial charge in [0.15, 0.2) is 5.17 Å². The number of hydrogen-bond donors (Lipinski definition) is 2. The van der Waals surface area contributed by atoms with Crippen LogP contribution in [0.3, 0.4) is 0 Å². The van der Waals surface area contributed by atoms with E-state index in [0.29, 0.717) is 20.8 Å². The van der Waals surface area contributed by atoms with Crippen LogP contribution in [0.2, 0.25) is 5.02 Å². The third kappa shape index (κ3) is 4.07. The molecule has 26 heavy (non-hydrogen) atoms. The number of aliphatic imine (C=N–C) groups is 1. The molecule has 132 valence electrons. The van der Waals surface area contributed by atoms with Crippen molar-refractivity contribution in [3.8, 4) is 5.75 Å². The van der Waals surface area contributed by atoms with Crippen LogP contribution < -0.4 is 5.32 Å². The fraction of sp³-hybridized carbons (Fsp3) is 0.0556. The van der Waals surface area contributed by atoms with E-state index in [9.17, 15) is 14.7 Å². The lowest BCUT2D eigenvalue weighted by Gasteiger charge is -2.03. The molecule has 0 bridgehead atoms. The summed E-state index contributed by atoms with van der Waals surface area (Å²) >= 11 is 7.12. The molecule has 2 aromatic carbocycles. The first-order valence-corrected chi connectivity index (χ1v) is 8.62. The predicted octanol–water partition coefficient (Wildman–Crippen LogP) is 3.72. The SMILES string of the molecule is COC(=O)c1cc(N=C2NC(=O)/C(=C/c3cccc(Cl)c3)S2)ccc1O. The number of aromatic hydroxyl groups is 1. The third-order valence-electron chi connectivity index (χ3n) is 3.41. The number of methoxy groups -OCH3 is 1. The topological polar surface area (TPSA) is 88.0 Å². The van der Waals surface area contributed by atoms with E-state index >= 15 is 0 Å². The summed E-state index contributed by atoms with van der Waals surface area (Å²) in [6, 6.07) is 11.4. The van der Waals surface area contributed by atoms with Gasteiger partial charge in [-0.05, 0) is 53.7 Å². The fourth-order valence-corrected chi connectivity index (χ4v) is 3.25. The first-order valence-electron chi connectivity index (χ1n) is 7.43. The van der Waals surface area contributed by atoms with Crippen LogP contribution >= 0.6 is 23.4 Å². The molecule has 1 saturated heterocycles. The number of carbonyl (C=O) groups is 2. The standard InChI is InChI=1S/C18H13ClN2O4S/c1-25-17(24)13-9-12(5-6-14(13)22)20-18-21-16(23)15(26-18)8-10-3-2-4-11(19)7-10/h2-9,22H,1H3,(H,20,21,23)/b15-8-. The second kappa shape index (κ2) is 7.63. The number of ether oxygens (including phenoxy) is 1. The Morgan fingerprint density at radius 1 is 1.31 bits per heavy atom. The number of rotatable bonds is 3. The average Bonchev–Trinajstić information content (AvgIpc) is 2.95. The number of phenols is 1. The number of nitrogens with one attached hydrogen (secondary N) is 1. The van der Waals surface area contributed by atoms with E-state index < -0.39 is 5.97 Å². The van der Waals surface area contributed by atoms with Crippen molar-refractivity contribution in [3.05, 3.63) is 63.5 Å². The molecule has 0 aromatic heterocycles. The van der Waals surface area contributed by atoms with Crippen molar-refractivity contribution in [1.29, 1.82) is 0 Å². The number of benzene rings is 2. The van der Waals surface area contributed by atoms with Gasteiger partial charge in [-0.15, -0.1) is 0 Å². The molecule has 0 aliphatic carbocycles. The molecule has 0 saturated carbocycles. The minimum atomic E-state index is -0.672. The molecule has 2 N–H and O–H groups in total. The Hall–Kier alpha value is -2.77. The zero-order valence-corrected chi connectivity index (χ0v) is 15.1. The van der Waals surface area contributed by atoms with E-state index in [1.54, 1.807) is 24.3 Å². The van der Waals surface area contributed by atoms with Crippen molar-refractivity contribution in [2.24, 2.45) is 4.99 Å². The summed E-state index contributed by atoms with van der Waals surface area (Å²) in [5.74, 6) is -1.15. The minimum Gasteiger partial charge on any atom is -0.507 e. The highest BCUT2D eigenvalue weighted by Gasteiger charge is 2.24. The Morgan fingerprint density at radius 2 is 2.12 bits per heavy atom. The van der Waals surface area contributed by atoms with Gasteiger partial charge in [-0.25, -0.2) is 9.79 Å². The average molecular weight is 389 g/mol. The Balaban J connectivity index is 1.85. The Bertz CT molecular complexity index is 956. The van der Waals surface area contributed by atoms with Crippen molar-refractivity contribution < 1.29 is 19.4 Å². The van der Waals surface area contributed by atoms with Gasteiger partial charge in [0.25, 0.3) is 5.91 Å². The fourth-order valence-electron chi connectivity index (χ4n) is 2.21. The number of esters is 1. The lowest BCUT2D eigenvalue weighted by molar-refractivity contribution is -0.115. The van der Waals surface area contributed by atoms with Gasteiger partial charge in [0.05, 0.1) is 17.7 Å². The van der Waals surface area contributed by atoms with Crippen LogP contribution in [0.4, 0.5) is 5.69 Å². The summed E-state index contributed by atoms with van der Waals surface area (Å²) in [6.45, 7) is 0. The molecular formula is C18H13ClN2O4S. The predicted molar refractivity (Wildman–Crippen MR) is 102 cm³/mol. The second-order valence-corrected chi connectivity index (χ2v) is 6.70. The maximum absolute atomic E-state index is 12.1. The third-order valence-corrected chi connectivity index (χ3v) is 4.56. The number of amides is 1. The maximum atomic E-state index is 12.1. The molecule has 3 rings (SSSR count). The van der Waals surface area contributed by atoms with E-state index in [1.165, 1.54) is 37.1 Å². The highest BCUT2D eigenvalue weighted by Crippen LogP contribution is 2.30. The van der Waals surface area contributed by atoms with Crippen molar-refractivity contribution in [1.82, 2.24) is 5.32 Å². The van der Waals surface area contributed by atoms with Crippen molar-refractivity contribution >= 4 is 52.2 Å². The van der Waals surface area contributed by atoms with Crippen LogP contribution in [0.15, 0.2) is 52.4 Å². The number of hydrogen-bond acceptors (Lipinski definition) is 6. The van der Waals surface area contributed by atoms with Crippen LogP contribution in [0.5, 0.6) is 5.75 Å². The summed E-state index contributed by atoms with van der Waals surface area (Å²) in [6.07, 6.45) is 1.71. The second-order valence-electron chi connectivity index (χ2n) is 5.23. The number of phenolic OH excluding ortho intramolecular Hbond substituents is 1. The molecule has 1 heterocycles. The molecule has 0 unspecified atom stereocenters. The summed E-state index contributed by atoms with van der Waals surface area (Å²) in [7, 11) is 1.22. The van der Waals surface area contributed by atoms with Crippen molar-refractivity contribution in [3.63, 3.8) is 0 Å². The number of amidine groups is 1. The van der Waals surface area contributed by atoms with Crippen LogP contribution in [-0.2, 0) is 9.53 Å². The number of halogens is 1. The quantitative estimate of drug-likeness (QED) is 0.618. The molecule has 0 atom stereocenters. The highest BCUT2D eigenvalue weighted by atomic mass is 35.5. The number of carbonyl (C=O) groups excluding carboxylic acids is 2. The van der Waals surface area contributed by atoms with Gasteiger partial charge < -0.3 is 15.2 Å². The first kappa shape index (κ1) is 18.0. The first-order chi connectivity index (χ1) is 12.5. The number of thioether (sulfide) groups is 1. The molecule has 1 fully saturated rings. The van der Waals surface area contributed by atoms with Crippen molar-refractivity contribution in [2.45, 2.75) is 0 Å². The monoisotopic (exact) mass is 388 g/mol.